The average molecular weight is 265 g/mol. The molecular formula is C15H27N3O. The molecule has 1 aromatic rings. The van der Waals surface area contributed by atoms with Crippen LogP contribution in [0, 0.1) is 11.8 Å². The fourth-order valence-electron chi connectivity index (χ4n) is 2.94. The number of piperidine rings is 1. The van der Waals surface area contributed by atoms with E-state index in [-0.39, 0.29) is 6.10 Å². The Hall–Kier alpha value is -0.870. The SMILES string of the molecule is CC(C)C[C@H](O)C1CCN(CCc2cn[nH]c2)CC1. The molecule has 0 saturated carbocycles. The van der Waals surface area contributed by atoms with E-state index in [1.54, 1.807) is 0 Å². The standard InChI is InChI=1S/C15H27N3O/c1-12(2)9-15(19)14-4-7-18(8-5-14)6-3-13-10-16-17-11-13/h10-12,14-15,19H,3-9H2,1-2H3,(H,16,17)/t15-/m0/s1. The Labute approximate surface area is 116 Å². The van der Waals surface area contributed by atoms with Gasteiger partial charge in [-0.05, 0) is 56.2 Å². The number of nitrogens with one attached hydrogen (secondary N) is 1. The van der Waals surface area contributed by atoms with Crippen molar-refractivity contribution in [2.75, 3.05) is 19.6 Å². The van der Waals surface area contributed by atoms with Crippen molar-refractivity contribution in [1.29, 1.82) is 0 Å². The van der Waals surface area contributed by atoms with Crippen LogP contribution in [0.2, 0.25) is 0 Å². The maximum absolute atomic E-state index is 10.2. The van der Waals surface area contributed by atoms with Crippen molar-refractivity contribution in [1.82, 2.24) is 15.1 Å². The Morgan fingerprint density at radius 3 is 2.74 bits per heavy atom. The summed E-state index contributed by atoms with van der Waals surface area (Å²) in [5, 5.41) is 17.0. The van der Waals surface area contributed by atoms with Gasteiger partial charge in [0, 0.05) is 12.7 Å². The molecule has 19 heavy (non-hydrogen) atoms. The van der Waals surface area contributed by atoms with Crippen LogP contribution in [0.5, 0.6) is 0 Å². The summed E-state index contributed by atoms with van der Waals surface area (Å²) in [5.41, 5.74) is 1.28. The fourth-order valence-corrected chi connectivity index (χ4v) is 2.94. The molecule has 108 valence electrons. The topological polar surface area (TPSA) is 52.1 Å². The summed E-state index contributed by atoms with van der Waals surface area (Å²) in [4.78, 5) is 2.51. The zero-order valence-electron chi connectivity index (χ0n) is 12.2. The van der Waals surface area contributed by atoms with Gasteiger partial charge >= 0.3 is 0 Å². The van der Waals surface area contributed by atoms with Gasteiger partial charge in [-0.3, -0.25) is 5.10 Å². The lowest BCUT2D eigenvalue weighted by atomic mass is 9.87. The minimum atomic E-state index is -0.101. The molecule has 0 radical (unpaired) electrons. The van der Waals surface area contributed by atoms with Gasteiger partial charge in [-0.15, -0.1) is 0 Å². The Kier molecular flexibility index (Phi) is 5.40. The predicted octanol–water partition coefficient (Wildman–Crippen LogP) is 2.07. The summed E-state index contributed by atoms with van der Waals surface area (Å²) in [7, 11) is 0. The van der Waals surface area contributed by atoms with Crippen molar-refractivity contribution in [3.8, 4) is 0 Å². The van der Waals surface area contributed by atoms with E-state index in [9.17, 15) is 5.11 Å². The highest BCUT2D eigenvalue weighted by Crippen LogP contribution is 2.24. The molecule has 4 nitrogen and oxygen atoms in total. The number of nitrogens with zero attached hydrogens (tertiary/aromatic N) is 2. The third-order valence-electron chi connectivity index (χ3n) is 4.16. The first-order valence-electron chi connectivity index (χ1n) is 7.53. The Morgan fingerprint density at radius 2 is 2.16 bits per heavy atom. The lowest BCUT2D eigenvalue weighted by Gasteiger charge is -2.34. The first-order chi connectivity index (χ1) is 9.15. The van der Waals surface area contributed by atoms with Crippen molar-refractivity contribution in [2.45, 2.75) is 45.6 Å². The van der Waals surface area contributed by atoms with Crippen LogP contribution in [0.1, 0.15) is 38.7 Å². The van der Waals surface area contributed by atoms with Crippen LogP contribution in [0.25, 0.3) is 0 Å². The van der Waals surface area contributed by atoms with E-state index in [1.165, 1.54) is 5.56 Å². The molecule has 1 aliphatic heterocycles. The van der Waals surface area contributed by atoms with Crippen molar-refractivity contribution in [3.63, 3.8) is 0 Å². The van der Waals surface area contributed by atoms with E-state index in [4.69, 9.17) is 0 Å². The Morgan fingerprint density at radius 1 is 1.42 bits per heavy atom. The normalized spacial score (nSPS) is 20.0. The second-order valence-electron chi connectivity index (χ2n) is 6.23. The molecule has 1 fully saturated rings. The predicted molar refractivity (Wildman–Crippen MR) is 76.9 cm³/mol. The van der Waals surface area contributed by atoms with Gasteiger partial charge in [0.05, 0.1) is 12.3 Å². The van der Waals surface area contributed by atoms with Gasteiger partial charge < -0.3 is 10.0 Å². The number of aliphatic hydroxyl groups is 1. The number of hydrogen-bond donors (Lipinski definition) is 2. The zero-order chi connectivity index (χ0) is 13.7. The van der Waals surface area contributed by atoms with Crippen LogP contribution in [-0.2, 0) is 6.42 Å². The van der Waals surface area contributed by atoms with Gasteiger partial charge in [-0.25, -0.2) is 0 Å². The van der Waals surface area contributed by atoms with Gasteiger partial charge in [-0.1, -0.05) is 13.8 Å². The minimum absolute atomic E-state index is 0.101. The van der Waals surface area contributed by atoms with Crippen LogP contribution in [0.3, 0.4) is 0 Å². The van der Waals surface area contributed by atoms with E-state index < -0.39 is 0 Å². The van der Waals surface area contributed by atoms with E-state index in [0.717, 1.165) is 45.3 Å². The molecule has 1 aromatic heterocycles. The first-order valence-corrected chi connectivity index (χ1v) is 7.53. The lowest BCUT2D eigenvalue weighted by Crippen LogP contribution is -2.39. The van der Waals surface area contributed by atoms with Crippen molar-refractivity contribution < 1.29 is 5.11 Å². The Bertz CT molecular complexity index is 342. The molecule has 2 N–H and O–H groups in total. The molecular weight excluding hydrogens is 238 g/mol. The molecule has 2 heterocycles. The number of H-pyrrole nitrogens is 1. The third kappa shape index (κ3) is 4.62. The number of hydrogen-bond acceptors (Lipinski definition) is 3. The lowest BCUT2D eigenvalue weighted by molar-refractivity contribution is 0.0457. The van der Waals surface area contributed by atoms with Crippen LogP contribution >= 0.6 is 0 Å². The smallest absolute Gasteiger partial charge is 0.0571 e. The molecule has 0 aromatic carbocycles. The Balaban J connectivity index is 1.67. The maximum atomic E-state index is 10.2. The second kappa shape index (κ2) is 7.06. The summed E-state index contributed by atoms with van der Waals surface area (Å²) >= 11 is 0. The first kappa shape index (κ1) is 14.5. The minimum Gasteiger partial charge on any atom is -0.393 e. The molecule has 0 unspecified atom stereocenters. The molecule has 1 atom stereocenters. The van der Waals surface area contributed by atoms with Gasteiger partial charge in [0.2, 0.25) is 0 Å². The fraction of sp³-hybridized carbons (Fsp3) is 0.800. The molecule has 0 bridgehead atoms. The van der Waals surface area contributed by atoms with Crippen LogP contribution in [0.4, 0.5) is 0 Å². The van der Waals surface area contributed by atoms with E-state index in [2.05, 4.69) is 28.9 Å². The summed E-state index contributed by atoms with van der Waals surface area (Å²) < 4.78 is 0. The number of likely N-dealkylation sites (tertiary alicyclic amines) is 1. The molecule has 0 amide bonds. The quantitative estimate of drug-likeness (QED) is 0.828. The van der Waals surface area contributed by atoms with Crippen LogP contribution in [-0.4, -0.2) is 45.9 Å². The summed E-state index contributed by atoms with van der Waals surface area (Å²) in [6.45, 7) is 7.72. The molecule has 4 heteroatoms. The van der Waals surface area contributed by atoms with E-state index in [1.807, 2.05) is 12.4 Å². The zero-order valence-corrected chi connectivity index (χ0v) is 12.2. The number of aliphatic hydroxyl groups excluding tert-OH is 1. The van der Waals surface area contributed by atoms with Gasteiger partial charge in [0.25, 0.3) is 0 Å². The molecule has 0 spiro atoms. The maximum Gasteiger partial charge on any atom is 0.0571 e. The van der Waals surface area contributed by atoms with Crippen molar-refractivity contribution >= 4 is 0 Å². The summed E-state index contributed by atoms with van der Waals surface area (Å²) in [6.07, 6.45) is 8.06. The second-order valence-corrected chi connectivity index (χ2v) is 6.23. The molecule has 1 saturated heterocycles. The molecule has 0 aliphatic carbocycles. The van der Waals surface area contributed by atoms with E-state index >= 15 is 0 Å². The van der Waals surface area contributed by atoms with Gasteiger partial charge in [0.1, 0.15) is 0 Å². The van der Waals surface area contributed by atoms with Crippen LogP contribution in [0.15, 0.2) is 12.4 Å². The van der Waals surface area contributed by atoms with Gasteiger partial charge in [0.15, 0.2) is 0 Å². The monoisotopic (exact) mass is 265 g/mol. The van der Waals surface area contributed by atoms with Crippen molar-refractivity contribution in [2.24, 2.45) is 11.8 Å². The average Bonchev–Trinajstić information content (AvgIpc) is 2.89. The number of aromatic amines is 1. The highest BCUT2D eigenvalue weighted by molar-refractivity contribution is 5.02. The highest BCUT2D eigenvalue weighted by atomic mass is 16.3. The molecule has 2 rings (SSSR count). The number of rotatable bonds is 6. The largest absolute Gasteiger partial charge is 0.393 e. The molecule has 1 aliphatic rings. The van der Waals surface area contributed by atoms with Crippen molar-refractivity contribution in [3.05, 3.63) is 18.0 Å². The summed E-state index contributed by atoms with van der Waals surface area (Å²) in [5.74, 6) is 1.10. The van der Waals surface area contributed by atoms with E-state index in [0.29, 0.717) is 11.8 Å². The van der Waals surface area contributed by atoms with Crippen LogP contribution < -0.4 is 0 Å². The number of aromatic nitrogens is 2. The van der Waals surface area contributed by atoms with Gasteiger partial charge in [-0.2, -0.15) is 5.10 Å². The summed E-state index contributed by atoms with van der Waals surface area (Å²) in [6, 6.07) is 0. The third-order valence-corrected chi connectivity index (χ3v) is 4.16. The highest BCUT2D eigenvalue weighted by Gasteiger charge is 2.25.